The van der Waals surface area contributed by atoms with Gasteiger partial charge in [0.25, 0.3) is 0 Å². The topological polar surface area (TPSA) is 105 Å². The highest BCUT2D eigenvalue weighted by molar-refractivity contribution is 9.10. The van der Waals surface area contributed by atoms with E-state index >= 15 is 0 Å². The van der Waals surface area contributed by atoms with Crippen molar-refractivity contribution in [3.05, 3.63) is 40.9 Å². The maximum Gasteiger partial charge on any atom is 0.243 e. The third kappa shape index (κ3) is 3.41. The Balaban J connectivity index is 1.50. The van der Waals surface area contributed by atoms with E-state index in [1.54, 1.807) is 36.4 Å². The van der Waals surface area contributed by atoms with E-state index < -0.39 is 10.0 Å². The number of aromatic nitrogens is 5. The highest BCUT2D eigenvalue weighted by Gasteiger charge is 2.30. The first-order valence-electron chi connectivity index (χ1n) is 8.10. The zero-order valence-corrected chi connectivity index (χ0v) is 16.1. The van der Waals surface area contributed by atoms with Crippen LogP contribution in [0.25, 0.3) is 5.65 Å². The summed E-state index contributed by atoms with van der Waals surface area (Å²) < 4.78 is 29.4. The van der Waals surface area contributed by atoms with Gasteiger partial charge in [0.1, 0.15) is 5.82 Å². The first-order chi connectivity index (χ1) is 12.5. The van der Waals surface area contributed by atoms with Gasteiger partial charge in [0.2, 0.25) is 10.0 Å². The number of piperidine rings is 1. The number of sulfonamides is 1. The largest absolute Gasteiger partial charge is 0.365 e. The lowest BCUT2D eigenvalue weighted by atomic mass is 10.1. The number of hydrogen-bond acceptors (Lipinski definition) is 7. The van der Waals surface area contributed by atoms with E-state index in [1.807, 2.05) is 0 Å². The molecule has 11 heteroatoms. The van der Waals surface area contributed by atoms with Crippen LogP contribution in [0.3, 0.4) is 0 Å². The number of tetrazole rings is 1. The van der Waals surface area contributed by atoms with Crippen LogP contribution in [0.4, 0.5) is 5.82 Å². The Morgan fingerprint density at radius 1 is 1.15 bits per heavy atom. The molecule has 1 saturated heterocycles. The molecule has 4 rings (SSSR count). The molecule has 1 aliphatic rings. The molecule has 1 unspecified atom stereocenters. The van der Waals surface area contributed by atoms with Gasteiger partial charge in [-0.15, -0.1) is 14.8 Å². The normalized spacial score (nSPS) is 18.9. The number of nitrogens with zero attached hydrogens (tertiary/aromatic N) is 6. The van der Waals surface area contributed by atoms with Crippen molar-refractivity contribution in [3.8, 4) is 0 Å². The number of anilines is 1. The number of hydrogen-bond donors (Lipinski definition) is 1. The zero-order chi connectivity index (χ0) is 18.1. The third-order valence-corrected chi connectivity index (χ3v) is 6.67. The Morgan fingerprint density at radius 3 is 2.77 bits per heavy atom. The van der Waals surface area contributed by atoms with E-state index in [0.717, 1.165) is 17.3 Å². The van der Waals surface area contributed by atoms with Gasteiger partial charge in [-0.1, -0.05) is 15.9 Å². The van der Waals surface area contributed by atoms with E-state index in [0.29, 0.717) is 29.5 Å². The lowest BCUT2D eigenvalue weighted by Gasteiger charge is -2.32. The van der Waals surface area contributed by atoms with Crippen LogP contribution < -0.4 is 5.32 Å². The van der Waals surface area contributed by atoms with Crippen molar-refractivity contribution in [1.82, 2.24) is 29.6 Å². The number of benzene rings is 1. The van der Waals surface area contributed by atoms with Crippen LogP contribution in [0, 0.1) is 0 Å². The monoisotopic (exact) mass is 437 g/mol. The summed E-state index contributed by atoms with van der Waals surface area (Å²) in [5, 5.41) is 18.7. The first-order valence-corrected chi connectivity index (χ1v) is 10.3. The maximum absolute atomic E-state index is 12.9. The second kappa shape index (κ2) is 6.89. The molecule has 0 saturated carbocycles. The van der Waals surface area contributed by atoms with Crippen molar-refractivity contribution in [2.24, 2.45) is 0 Å². The summed E-state index contributed by atoms with van der Waals surface area (Å²) in [5.74, 6) is 0.609. The summed E-state index contributed by atoms with van der Waals surface area (Å²) in [6.45, 7) is 0.893. The van der Waals surface area contributed by atoms with Crippen molar-refractivity contribution in [3.63, 3.8) is 0 Å². The molecule has 0 spiro atoms. The smallest absolute Gasteiger partial charge is 0.243 e. The summed E-state index contributed by atoms with van der Waals surface area (Å²) in [4.78, 5) is 0.301. The molecule has 1 atom stereocenters. The van der Waals surface area contributed by atoms with Crippen LogP contribution >= 0.6 is 15.9 Å². The molecule has 26 heavy (non-hydrogen) atoms. The van der Waals surface area contributed by atoms with E-state index in [2.05, 4.69) is 41.9 Å². The fraction of sp³-hybridized carbons (Fsp3) is 0.333. The van der Waals surface area contributed by atoms with Crippen LogP contribution in [0.5, 0.6) is 0 Å². The molecule has 1 aliphatic heterocycles. The quantitative estimate of drug-likeness (QED) is 0.659. The Bertz CT molecular complexity index is 1020. The Labute approximate surface area is 158 Å². The number of rotatable bonds is 4. The molecule has 0 bridgehead atoms. The Morgan fingerprint density at radius 2 is 1.96 bits per heavy atom. The standard InChI is InChI=1S/C15H16BrN7O2S/c16-11-3-5-13(6-4-11)26(24,25)22-9-1-2-12(10-22)17-14-7-8-15-18-20-21-23(15)19-14/h3-8,12H,1-2,9-10H2,(H,17,19). The van der Waals surface area contributed by atoms with Crippen LogP contribution in [0.15, 0.2) is 45.8 Å². The predicted molar refractivity (Wildman–Crippen MR) is 98.1 cm³/mol. The summed E-state index contributed by atoms with van der Waals surface area (Å²) in [7, 11) is -3.52. The lowest BCUT2D eigenvalue weighted by Crippen LogP contribution is -2.45. The first kappa shape index (κ1) is 17.3. The van der Waals surface area contributed by atoms with Crippen LogP contribution in [-0.4, -0.2) is 57.1 Å². The van der Waals surface area contributed by atoms with Gasteiger partial charge >= 0.3 is 0 Å². The van der Waals surface area contributed by atoms with E-state index in [1.165, 1.54) is 8.94 Å². The van der Waals surface area contributed by atoms with Crippen LogP contribution in [0.2, 0.25) is 0 Å². The second-order valence-corrected chi connectivity index (χ2v) is 8.90. The number of fused-ring (bicyclic) bond motifs is 1. The molecule has 136 valence electrons. The van der Waals surface area contributed by atoms with Gasteiger partial charge < -0.3 is 5.32 Å². The lowest BCUT2D eigenvalue weighted by molar-refractivity contribution is 0.326. The third-order valence-electron chi connectivity index (χ3n) is 4.26. The molecule has 3 heterocycles. The van der Waals surface area contributed by atoms with Gasteiger partial charge in [0.15, 0.2) is 5.65 Å². The van der Waals surface area contributed by atoms with Crippen molar-refractivity contribution in [2.45, 2.75) is 23.8 Å². The molecule has 2 aromatic heterocycles. The second-order valence-electron chi connectivity index (χ2n) is 6.05. The molecule has 9 nitrogen and oxygen atoms in total. The zero-order valence-electron chi connectivity index (χ0n) is 13.7. The van der Waals surface area contributed by atoms with Crippen LogP contribution in [-0.2, 0) is 10.0 Å². The summed E-state index contributed by atoms with van der Waals surface area (Å²) >= 11 is 3.33. The minimum atomic E-state index is -3.52. The molecular formula is C15H16BrN7O2S. The number of nitrogens with one attached hydrogen (secondary N) is 1. The highest BCUT2D eigenvalue weighted by Crippen LogP contribution is 2.23. The Kier molecular flexibility index (Phi) is 4.59. The fourth-order valence-electron chi connectivity index (χ4n) is 2.97. The molecule has 0 amide bonds. The molecule has 1 aromatic carbocycles. The molecule has 0 aliphatic carbocycles. The van der Waals surface area contributed by atoms with Crippen molar-refractivity contribution >= 4 is 37.4 Å². The molecule has 1 N–H and O–H groups in total. The van der Waals surface area contributed by atoms with Crippen LogP contribution in [0.1, 0.15) is 12.8 Å². The van der Waals surface area contributed by atoms with Crippen molar-refractivity contribution in [2.75, 3.05) is 18.4 Å². The van der Waals surface area contributed by atoms with Gasteiger partial charge in [-0.05, 0) is 59.7 Å². The maximum atomic E-state index is 12.9. The predicted octanol–water partition coefficient (Wildman–Crippen LogP) is 1.55. The molecule has 1 fully saturated rings. The van der Waals surface area contributed by atoms with E-state index in [4.69, 9.17) is 0 Å². The summed E-state index contributed by atoms with van der Waals surface area (Å²) in [5.41, 5.74) is 0.554. The van der Waals surface area contributed by atoms with Gasteiger partial charge in [-0.3, -0.25) is 0 Å². The molecular weight excluding hydrogens is 422 g/mol. The minimum Gasteiger partial charge on any atom is -0.365 e. The fourth-order valence-corrected chi connectivity index (χ4v) is 4.76. The SMILES string of the molecule is O=S(=O)(c1ccc(Br)cc1)N1CCCC(Nc2ccc3nnnn3n2)C1. The molecule has 3 aromatic rings. The summed E-state index contributed by atoms with van der Waals surface area (Å²) in [6.07, 6.45) is 1.64. The summed E-state index contributed by atoms with van der Waals surface area (Å²) in [6, 6.07) is 10.2. The van der Waals surface area contributed by atoms with Gasteiger partial charge in [0.05, 0.1) is 4.90 Å². The van der Waals surface area contributed by atoms with E-state index in [-0.39, 0.29) is 6.04 Å². The Hall–Kier alpha value is -2.11. The highest BCUT2D eigenvalue weighted by atomic mass is 79.9. The van der Waals surface area contributed by atoms with Crippen molar-refractivity contribution < 1.29 is 8.42 Å². The minimum absolute atomic E-state index is 0.0320. The van der Waals surface area contributed by atoms with Gasteiger partial charge in [-0.25, -0.2) is 8.42 Å². The van der Waals surface area contributed by atoms with Crippen molar-refractivity contribution in [1.29, 1.82) is 0 Å². The van der Waals surface area contributed by atoms with Gasteiger partial charge in [0, 0.05) is 23.6 Å². The van der Waals surface area contributed by atoms with Gasteiger partial charge in [-0.2, -0.15) is 4.31 Å². The average Bonchev–Trinajstić information content (AvgIpc) is 3.10. The van der Waals surface area contributed by atoms with E-state index in [9.17, 15) is 8.42 Å². The number of halogens is 1. The molecule has 0 radical (unpaired) electrons. The average molecular weight is 438 g/mol.